The van der Waals surface area contributed by atoms with Gasteiger partial charge in [0.2, 0.25) is 0 Å². The summed E-state index contributed by atoms with van der Waals surface area (Å²) in [7, 11) is -5.26. The zero-order valence-corrected chi connectivity index (χ0v) is 19.9. The Labute approximate surface area is 191 Å². The lowest BCUT2D eigenvalue weighted by atomic mass is 9.98. The second-order valence-electron chi connectivity index (χ2n) is 6.95. The highest BCUT2D eigenvalue weighted by atomic mass is 127. The molecule has 0 aliphatic carbocycles. The number of sulfonamides is 1. The van der Waals surface area contributed by atoms with Crippen LogP contribution in [-0.2, 0) is 16.6 Å². The first kappa shape index (κ1) is 26.9. The first-order valence-electron chi connectivity index (χ1n) is 9.38. The van der Waals surface area contributed by atoms with Crippen molar-refractivity contribution in [2.24, 2.45) is 10.9 Å². The van der Waals surface area contributed by atoms with Crippen LogP contribution in [0.5, 0.6) is 0 Å². The van der Waals surface area contributed by atoms with Crippen LogP contribution >= 0.6 is 24.0 Å². The molecular weight excluding hydrogens is 539 g/mol. The van der Waals surface area contributed by atoms with E-state index in [1.807, 2.05) is 6.92 Å². The van der Waals surface area contributed by atoms with Gasteiger partial charge in [-0.25, -0.2) is 17.8 Å². The third kappa shape index (κ3) is 7.22. The van der Waals surface area contributed by atoms with Gasteiger partial charge in [-0.3, -0.25) is 0 Å². The predicted molar refractivity (Wildman–Crippen MR) is 119 cm³/mol. The Kier molecular flexibility index (Phi) is 10.3. The molecule has 1 saturated heterocycles. The molecule has 0 amide bonds. The van der Waals surface area contributed by atoms with Gasteiger partial charge in [-0.05, 0) is 49.8 Å². The number of piperidine rings is 1. The summed E-state index contributed by atoms with van der Waals surface area (Å²) >= 11 is 0. The highest BCUT2D eigenvalue weighted by molar-refractivity contribution is 14.0. The van der Waals surface area contributed by atoms with Gasteiger partial charge in [0.05, 0.1) is 6.54 Å². The van der Waals surface area contributed by atoms with Gasteiger partial charge >= 0.3 is 15.5 Å². The molecule has 0 atom stereocenters. The number of rotatable bonds is 6. The highest BCUT2D eigenvalue weighted by Gasteiger charge is 2.50. The maximum absolute atomic E-state index is 13.3. The summed E-state index contributed by atoms with van der Waals surface area (Å²) < 4.78 is 74.7. The third-order valence-corrected chi connectivity index (χ3v) is 6.38. The van der Waals surface area contributed by atoms with E-state index in [4.69, 9.17) is 0 Å². The summed E-state index contributed by atoms with van der Waals surface area (Å²) in [6.45, 7) is 4.70. The summed E-state index contributed by atoms with van der Waals surface area (Å²) in [6, 6.07) is 4.77. The highest BCUT2D eigenvalue weighted by Crippen LogP contribution is 2.30. The Morgan fingerprint density at radius 1 is 1.23 bits per heavy atom. The summed E-state index contributed by atoms with van der Waals surface area (Å²) in [5.41, 5.74) is -3.87. The fourth-order valence-electron chi connectivity index (χ4n) is 3.06. The number of aryl methyl sites for hydroxylation is 1. The molecule has 0 bridgehead atoms. The molecule has 6 nitrogen and oxygen atoms in total. The number of nitrogens with one attached hydrogen (secondary N) is 2. The van der Waals surface area contributed by atoms with E-state index < -0.39 is 15.5 Å². The van der Waals surface area contributed by atoms with Gasteiger partial charge in [-0.15, -0.1) is 24.0 Å². The molecule has 0 saturated carbocycles. The molecule has 1 fully saturated rings. The molecule has 172 valence electrons. The van der Waals surface area contributed by atoms with Crippen molar-refractivity contribution in [1.29, 1.82) is 0 Å². The summed E-state index contributed by atoms with van der Waals surface area (Å²) in [5, 5.41) is 6.23. The van der Waals surface area contributed by atoms with Gasteiger partial charge in [0.1, 0.15) is 5.82 Å². The standard InChI is InChI=1S/C18H26F4N4O2S.HI/c1-3-23-17(25-12-15-4-5-16(19)13(2)10-15)24-11-14-6-8-26(9-7-14)29(27,28)18(20,21)22;/h4-5,10,14H,3,6-9,11-12H2,1-2H3,(H2,23,24,25);1H. The van der Waals surface area contributed by atoms with Crippen LogP contribution in [-0.4, -0.2) is 50.4 Å². The maximum Gasteiger partial charge on any atom is 0.511 e. The molecule has 12 heteroatoms. The molecular formula is C18H27F4IN4O2S. The van der Waals surface area contributed by atoms with E-state index in [0.29, 0.717) is 48.3 Å². The Hall–Kier alpha value is -1.15. The van der Waals surface area contributed by atoms with Crippen LogP contribution in [0.25, 0.3) is 0 Å². The van der Waals surface area contributed by atoms with Crippen LogP contribution in [0, 0.1) is 18.7 Å². The minimum atomic E-state index is -5.26. The monoisotopic (exact) mass is 566 g/mol. The molecule has 30 heavy (non-hydrogen) atoms. The van der Waals surface area contributed by atoms with Crippen molar-refractivity contribution in [3.8, 4) is 0 Å². The zero-order chi connectivity index (χ0) is 21.7. The SMILES string of the molecule is CCNC(=NCc1ccc(F)c(C)c1)NCC1CCN(S(=O)(=O)C(F)(F)F)CC1.I. The van der Waals surface area contributed by atoms with Crippen LogP contribution in [0.1, 0.15) is 30.9 Å². The number of hydrogen-bond donors (Lipinski definition) is 2. The van der Waals surface area contributed by atoms with Gasteiger partial charge in [-0.1, -0.05) is 12.1 Å². The average Bonchev–Trinajstić information content (AvgIpc) is 2.66. The lowest BCUT2D eigenvalue weighted by Gasteiger charge is -2.31. The van der Waals surface area contributed by atoms with Gasteiger partial charge in [0.15, 0.2) is 5.96 Å². The van der Waals surface area contributed by atoms with Crippen molar-refractivity contribution >= 4 is 40.0 Å². The number of benzene rings is 1. The van der Waals surface area contributed by atoms with Crippen LogP contribution in [0.3, 0.4) is 0 Å². The average molecular weight is 566 g/mol. The van der Waals surface area contributed by atoms with E-state index in [0.717, 1.165) is 5.56 Å². The Morgan fingerprint density at radius 3 is 2.40 bits per heavy atom. The molecule has 0 unspecified atom stereocenters. The van der Waals surface area contributed by atoms with E-state index in [1.165, 1.54) is 6.07 Å². The predicted octanol–water partition coefficient (Wildman–Crippen LogP) is 3.37. The maximum atomic E-state index is 13.3. The molecule has 1 heterocycles. The molecule has 0 aromatic heterocycles. The van der Waals surface area contributed by atoms with Crippen LogP contribution in [0.4, 0.5) is 17.6 Å². The lowest BCUT2D eigenvalue weighted by molar-refractivity contribution is -0.0496. The number of hydrogen-bond acceptors (Lipinski definition) is 3. The Balaban J connectivity index is 0.00000450. The number of alkyl halides is 3. The molecule has 0 spiro atoms. The largest absolute Gasteiger partial charge is 0.511 e. The fraction of sp³-hybridized carbons (Fsp3) is 0.611. The summed E-state index contributed by atoms with van der Waals surface area (Å²) in [6.07, 6.45) is 0.664. The van der Waals surface area contributed by atoms with E-state index in [2.05, 4.69) is 15.6 Å². The molecule has 2 N–H and O–H groups in total. The van der Waals surface area contributed by atoms with Crippen LogP contribution < -0.4 is 10.6 Å². The van der Waals surface area contributed by atoms with E-state index >= 15 is 0 Å². The fourth-order valence-corrected chi connectivity index (χ4v) is 4.04. The third-order valence-electron chi connectivity index (χ3n) is 4.75. The second kappa shape index (κ2) is 11.5. The summed E-state index contributed by atoms with van der Waals surface area (Å²) in [4.78, 5) is 4.44. The van der Waals surface area contributed by atoms with Crippen molar-refractivity contribution < 1.29 is 26.0 Å². The molecule has 1 aliphatic rings. The van der Waals surface area contributed by atoms with E-state index in [9.17, 15) is 26.0 Å². The Morgan fingerprint density at radius 2 is 1.87 bits per heavy atom. The van der Waals surface area contributed by atoms with Crippen molar-refractivity contribution in [2.75, 3.05) is 26.2 Å². The number of halogens is 5. The van der Waals surface area contributed by atoms with Crippen LogP contribution in [0.15, 0.2) is 23.2 Å². The van der Waals surface area contributed by atoms with Gasteiger partial charge in [0.25, 0.3) is 0 Å². The smallest absolute Gasteiger partial charge is 0.357 e. The van der Waals surface area contributed by atoms with Gasteiger partial charge in [0, 0.05) is 26.2 Å². The Bertz CT molecular complexity index is 826. The normalized spacial score (nSPS) is 16.8. The first-order valence-corrected chi connectivity index (χ1v) is 10.8. The molecule has 2 rings (SSSR count). The van der Waals surface area contributed by atoms with Crippen LogP contribution in [0.2, 0.25) is 0 Å². The topological polar surface area (TPSA) is 73.8 Å². The van der Waals surface area contributed by atoms with Crippen molar-refractivity contribution in [2.45, 2.75) is 38.7 Å². The molecule has 1 aromatic rings. The zero-order valence-electron chi connectivity index (χ0n) is 16.8. The minimum Gasteiger partial charge on any atom is -0.357 e. The van der Waals surface area contributed by atoms with Crippen molar-refractivity contribution in [3.05, 3.63) is 35.1 Å². The molecule has 1 aromatic carbocycles. The van der Waals surface area contributed by atoms with Gasteiger partial charge in [-0.2, -0.15) is 17.5 Å². The molecule has 0 radical (unpaired) electrons. The summed E-state index contributed by atoms with van der Waals surface area (Å²) in [5.74, 6) is 0.299. The number of guanidine groups is 1. The minimum absolute atomic E-state index is 0. The van der Waals surface area contributed by atoms with Crippen molar-refractivity contribution in [1.82, 2.24) is 14.9 Å². The number of aliphatic imine (C=N–C) groups is 1. The quantitative estimate of drug-likeness (QED) is 0.240. The first-order chi connectivity index (χ1) is 13.5. The number of nitrogens with zero attached hydrogens (tertiary/aromatic N) is 2. The molecule has 1 aliphatic heterocycles. The van der Waals surface area contributed by atoms with Crippen molar-refractivity contribution in [3.63, 3.8) is 0 Å². The van der Waals surface area contributed by atoms with E-state index in [1.54, 1.807) is 19.1 Å². The van der Waals surface area contributed by atoms with E-state index in [-0.39, 0.29) is 48.8 Å². The lowest BCUT2D eigenvalue weighted by Crippen LogP contribution is -2.47. The van der Waals surface area contributed by atoms with Gasteiger partial charge < -0.3 is 10.6 Å². The second-order valence-corrected chi connectivity index (χ2v) is 8.88.